The lowest BCUT2D eigenvalue weighted by molar-refractivity contribution is -0.125. The van der Waals surface area contributed by atoms with Gasteiger partial charge in [-0.3, -0.25) is 4.79 Å². The molecule has 5 nitrogen and oxygen atoms in total. The van der Waals surface area contributed by atoms with Crippen molar-refractivity contribution in [3.05, 3.63) is 29.8 Å². The Kier molecular flexibility index (Phi) is 7.63. The molecule has 1 amide bonds. The van der Waals surface area contributed by atoms with Crippen molar-refractivity contribution in [1.29, 1.82) is 0 Å². The predicted octanol–water partition coefficient (Wildman–Crippen LogP) is 3.67. The Labute approximate surface area is 145 Å². The van der Waals surface area contributed by atoms with Gasteiger partial charge >= 0.3 is 12.6 Å². The number of ether oxygens (including phenoxy) is 2. The molecule has 1 saturated carbocycles. The second kappa shape index (κ2) is 9.96. The van der Waals surface area contributed by atoms with Crippen LogP contribution < -0.4 is 10.1 Å². The van der Waals surface area contributed by atoms with Gasteiger partial charge in [0.15, 0.2) is 6.61 Å². The van der Waals surface area contributed by atoms with Gasteiger partial charge in [0.25, 0.3) is 5.91 Å². The second-order valence-corrected chi connectivity index (χ2v) is 6.09. The molecule has 1 fully saturated rings. The van der Waals surface area contributed by atoms with E-state index in [9.17, 15) is 18.4 Å². The monoisotopic (exact) mass is 355 g/mol. The maximum absolute atomic E-state index is 12.1. The summed E-state index contributed by atoms with van der Waals surface area (Å²) in [6.45, 7) is -3.28. The van der Waals surface area contributed by atoms with E-state index in [2.05, 4.69) is 10.1 Å². The van der Waals surface area contributed by atoms with E-state index in [1.165, 1.54) is 43.5 Å². The molecule has 0 saturated heterocycles. The number of carbonyl (C=O) groups is 2. The van der Waals surface area contributed by atoms with Crippen molar-refractivity contribution in [3.63, 3.8) is 0 Å². The van der Waals surface area contributed by atoms with Gasteiger partial charge in [-0.1, -0.05) is 32.1 Å². The fraction of sp³-hybridized carbons (Fsp3) is 0.556. The molecule has 1 aromatic rings. The third-order valence-corrected chi connectivity index (χ3v) is 4.12. The predicted molar refractivity (Wildman–Crippen MR) is 87.6 cm³/mol. The van der Waals surface area contributed by atoms with E-state index in [0.717, 1.165) is 25.7 Å². The SMILES string of the molecule is O=C(COC(=O)c1ccc(OC(F)F)cc1)NC1CCCCCCC1. The van der Waals surface area contributed by atoms with Gasteiger partial charge in [-0.15, -0.1) is 0 Å². The second-order valence-electron chi connectivity index (χ2n) is 6.09. The van der Waals surface area contributed by atoms with Crippen LogP contribution in [0.3, 0.4) is 0 Å². The third-order valence-electron chi connectivity index (χ3n) is 4.12. The van der Waals surface area contributed by atoms with E-state index in [0.29, 0.717) is 0 Å². The molecule has 0 radical (unpaired) electrons. The van der Waals surface area contributed by atoms with Gasteiger partial charge in [-0.2, -0.15) is 8.78 Å². The van der Waals surface area contributed by atoms with Crippen LogP contribution in [0.15, 0.2) is 24.3 Å². The van der Waals surface area contributed by atoms with Crippen LogP contribution in [0.25, 0.3) is 0 Å². The normalized spacial score (nSPS) is 16.0. The number of nitrogens with one attached hydrogen (secondary N) is 1. The standard InChI is InChI=1S/C18H23F2NO4/c19-18(20)25-15-10-8-13(9-11-15)17(23)24-12-16(22)21-14-6-4-2-1-3-5-7-14/h8-11,14,18H,1-7,12H2,(H,21,22). The molecule has 1 N–H and O–H groups in total. The number of carbonyl (C=O) groups excluding carboxylic acids is 2. The summed E-state index contributed by atoms with van der Waals surface area (Å²) in [7, 11) is 0. The molecular formula is C18H23F2NO4. The topological polar surface area (TPSA) is 64.6 Å². The maximum atomic E-state index is 12.1. The van der Waals surface area contributed by atoms with Crippen LogP contribution in [-0.2, 0) is 9.53 Å². The number of rotatable bonds is 6. The molecule has 0 unspecified atom stereocenters. The first kappa shape index (κ1) is 19.1. The third kappa shape index (κ3) is 7.07. The average molecular weight is 355 g/mol. The molecular weight excluding hydrogens is 332 g/mol. The van der Waals surface area contributed by atoms with Crippen LogP contribution in [-0.4, -0.2) is 31.1 Å². The lowest BCUT2D eigenvalue weighted by Gasteiger charge is -2.20. The van der Waals surface area contributed by atoms with Crippen molar-refractivity contribution in [2.75, 3.05) is 6.61 Å². The van der Waals surface area contributed by atoms with E-state index in [-0.39, 0.29) is 29.9 Å². The lowest BCUT2D eigenvalue weighted by Crippen LogP contribution is -2.38. The number of hydrogen-bond acceptors (Lipinski definition) is 4. The minimum atomic E-state index is -2.92. The number of benzene rings is 1. The zero-order valence-electron chi connectivity index (χ0n) is 14.0. The molecule has 0 bridgehead atoms. The molecule has 1 aromatic carbocycles. The number of alkyl halides is 2. The summed E-state index contributed by atoms with van der Waals surface area (Å²) in [6, 6.07) is 5.26. The van der Waals surface area contributed by atoms with Crippen LogP contribution in [0.1, 0.15) is 55.3 Å². The maximum Gasteiger partial charge on any atom is 0.387 e. The Morgan fingerprint density at radius 1 is 1.04 bits per heavy atom. The van der Waals surface area contributed by atoms with Crippen molar-refractivity contribution in [1.82, 2.24) is 5.32 Å². The largest absolute Gasteiger partial charge is 0.452 e. The molecule has 25 heavy (non-hydrogen) atoms. The molecule has 2 rings (SSSR count). The Hall–Kier alpha value is -2.18. The first-order valence-electron chi connectivity index (χ1n) is 8.56. The molecule has 0 aliphatic heterocycles. The van der Waals surface area contributed by atoms with Crippen molar-refractivity contribution in [2.24, 2.45) is 0 Å². The van der Waals surface area contributed by atoms with E-state index in [1.54, 1.807) is 0 Å². The minimum absolute atomic E-state index is 0.0476. The number of esters is 1. The highest BCUT2D eigenvalue weighted by Crippen LogP contribution is 2.17. The van der Waals surface area contributed by atoms with Crippen molar-refractivity contribution in [3.8, 4) is 5.75 Å². The van der Waals surface area contributed by atoms with Crippen LogP contribution in [0.4, 0.5) is 8.78 Å². The summed E-state index contributed by atoms with van der Waals surface area (Å²) in [4.78, 5) is 23.8. The zero-order chi connectivity index (χ0) is 18.1. The van der Waals surface area contributed by atoms with E-state index in [1.807, 2.05) is 0 Å². The number of hydrogen-bond donors (Lipinski definition) is 1. The Balaban J connectivity index is 1.75. The van der Waals surface area contributed by atoms with Gasteiger partial charge in [0.1, 0.15) is 5.75 Å². The van der Waals surface area contributed by atoms with Gasteiger partial charge in [0, 0.05) is 6.04 Å². The highest BCUT2D eigenvalue weighted by atomic mass is 19.3. The van der Waals surface area contributed by atoms with Crippen molar-refractivity contribution in [2.45, 2.75) is 57.6 Å². The van der Waals surface area contributed by atoms with Gasteiger partial charge in [0.05, 0.1) is 5.56 Å². The molecule has 0 aromatic heterocycles. The summed E-state index contributed by atoms with van der Waals surface area (Å²) in [5.74, 6) is -1.05. The van der Waals surface area contributed by atoms with Crippen LogP contribution in [0.2, 0.25) is 0 Å². The smallest absolute Gasteiger partial charge is 0.387 e. The molecule has 7 heteroatoms. The highest BCUT2D eigenvalue weighted by molar-refractivity contribution is 5.91. The van der Waals surface area contributed by atoms with E-state index < -0.39 is 12.6 Å². The highest BCUT2D eigenvalue weighted by Gasteiger charge is 2.16. The fourth-order valence-electron chi connectivity index (χ4n) is 2.86. The molecule has 0 atom stereocenters. The lowest BCUT2D eigenvalue weighted by atomic mass is 9.97. The first-order valence-corrected chi connectivity index (χ1v) is 8.56. The number of halogens is 2. The fourth-order valence-corrected chi connectivity index (χ4v) is 2.86. The summed E-state index contributed by atoms with van der Waals surface area (Å²) in [6.07, 6.45) is 7.71. The molecule has 138 valence electrons. The van der Waals surface area contributed by atoms with Gasteiger partial charge in [-0.25, -0.2) is 4.79 Å². The van der Waals surface area contributed by atoms with Gasteiger partial charge in [0.2, 0.25) is 0 Å². The summed E-state index contributed by atoms with van der Waals surface area (Å²) in [5, 5.41) is 2.90. The minimum Gasteiger partial charge on any atom is -0.452 e. The van der Waals surface area contributed by atoms with Crippen LogP contribution in [0, 0.1) is 0 Å². The van der Waals surface area contributed by atoms with E-state index in [4.69, 9.17) is 4.74 Å². The van der Waals surface area contributed by atoms with Crippen LogP contribution >= 0.6 is 0 Å². The van der Waals surface area contributed by atoms with Crippen molar-refractivity contribution >= 4 is 11.9 Å². The average Bonchev–Trinajstić information content (AvgIpc) is 2.55. The Morgan fingerprint density at radius 2 is 1.64 bits per heavy atom. The summed E-state index contributed by atoms with van der Waals surface area (Å²) < 4.78 is 33.3. The summed E-state index contributed by atoms with van der Waals surface area (Å²) >= 11 is 0. The molecule has 1 aliphatic rings. The van der Waals surface area contributed by atoms with Crippen molar-refractivity contribution < 1.29 is 27.8 Å². The van der Waals surface area contributed by atoms with Gasteiger partial charge < -0.3 is 14.8 Å². The first-order chi connectivity index (χ1) is 12.0. The number of amides is 1. The zero-order valence-corrected chi connectivity index (χ0v) is 14.0. The molecule has 1 aliphatic carbocycles. The molecule has 0 spiro atoms. The Morgan fingerprint density at radius 3 is 2.24 bits per heavy atom. The Bertz CT molecular complexity index is 555. The van der Waals surface area contributed by atoms with Gasteiger partial charge in [-0.05, 0) is 37.1 Å². The quantitative estimate of drug-likeness (QED) is 0.791. The summed E-state index contributed by atoms with van der Waals surface area (Å²) in [5.41, 5.74) is 0.167. The van der Waals surface area contributed by atoms with E-state index >= 15 is 0 Å². The molecule has 0 heterocycles. The van der Waals surface area contributed by atoms with Crippen LogP contribution in [0.5, 0.6) is 5.75 Å².